The van der Waals surface area contributed by atoms with Crippen LogP contribution in [0.25, 0.3) is 0 Å². The first kappa shape index (κ1) is 20.3. The summed E-state index contributed by atoms with van der Waals surface area (Å²) in [7, 11) is -1.53. The average Bonchev–Trinajstić information content (AvgIpc) is 2.43. The van der Waals surface area contributed by atoms with Crippen LogP contribution in [0.2, 0.25) is 0 Å². The molecule has 7 heteroatoms. The van der Waals surface area contributed by atoms with Gasteiger partial charge < -0.3 is 22.4 Å². The average molecular weight is 320 g/mol. The molecule has 0 heterocycles. The van der Waals surface area contributed by atoms with Crippen LogP contribution in [-0.4, -0.2) is 48.1 Å². The Labute approximate surface area is 128 Å². The van der Waals surface area contributed by atoms with Gasteiger partial charge in [-0.2, -0.15) is 0 Å². The van der Waals surface area contributed by atoms with Crippen molar-refractivity contribution >= 4 is 15.0 Å². The number of rotatable bonds is 12. The smallest absolute Gasteiger partial charge is 0.462 e. The Bertz CT molecular complexity index is 315. The molecule has 0 bridgehead atoms. The van der Waals surface area contributed by atoms with Crippen molar-refractivity contribution in [2.45, 2.75) is 46.6 Å². The number of ether oxygens (including phenoxy) is 1. The van der Waals surface area contributed by atoms with Crippen LogP contribution in [0.3, 0.4) is 0 Å². The maximum absolute atomic E-state index is 11.2. The molecule has 0 aliphatic heterocycles. The van der Waals surface area contributed by atoms with Crippen LogP contribution >= 0.6 is 0 Å². The second kappa shape index (κ2) is 10.9. The molecule has 0 saturated carbocycles. The summed E-state index contributed by atoms with van der Waals surface area (Å²) in [6.07, 6.45) is 1.28. The third-order valence-corrected chi connectivity index (χ3v) is 5.05. The lowest BCUT2D eigenvalue weighted by Crippen LogP contribution is -2.50. The van der Waals surface area contributed by atoms with E-state index in [0.29, 0.717) is 38.2 Å². The van der Waals surface area contributed by atoms with Crippen LogP contribution in [0, 0.1) is 0 Å². The lowest BCUT2D eigenvalue weighted by atomic mass is 10.2. The fraction of sp³-hybridized carbons (Fsp3) is 0.786. The molecule has 0 saturated heterocycles. The van der Waals surface area contributed by atoms with Crippen LogP contribution in [0.4, 0.5) is 0 Å². The predicted octanol–water partition coefficient (Wildman–Crippen LogP) is 2.45. The summed E-state index contributed by atoms with van der Waals surface area (Å²) in [6, 6.07) is 0. The van der Waals surface area contributed by atoms with Crippen molar-refractivity contribution in [2.75, 3.05) is 26.9 Å². The van der Waals surface area contributed by atoms with Crippen LogP contribution in [0.1, 0.15) is 40.5 Å². The molecule has 124 valence electrons. The van der Waals surface area contributed by atoms with E-state index >= 15 is 0 Å². The topological polar surface area (TPSA) is 63.2 Å². The predicted molar refractivity (Wildman–Crippen MR) is 81.6 cm³/mol. The van der Waals surface area contributed by atoms with Crippen LogP contribution in [-0.2, 0) is 27.2 Å². The molecule has 21 heavy (non-hydrogen) atoms. The van der Waals surface area contributed by atoms with E-state index in [2.05, 4.69) is 6.58 Å². The maximum Gasteiger partial charge on any atom is 0.679 e. The minimum absolute atomic E-state index is 0.113. The number of carbonyl (C=O) groups excluding carboxylic acids is 1. The Hall–Kier alpha value is -0.733. The van der Waals surface area contributed by atoms with Crippen molar-refractivity contribution < 1.29 is 27.2 Å². The monoisotopic (exact) mass is 320 g/mol. The summed E-state index contributed by atoms with van der Waals surface area (Å²) in [6.45, 7) is 12.1. The number of hydrogen-bond acceptors (Lipinski definition) is 6. The van der Waals surface area contributed by atoms with Gasteiger partial charge in [-0.05, 0) is 40.5 Å². The first-order chi connectivity index (χ1) is 9.90. The van der Waals surface area contributed by atoms with E-state index in [1.54, 1.807) is 6.92 Å². The standard InChI is InChI=1S/C14H28O6Si/c1-7-18-21(16-6,19-8-2)20-13(5)10-9-11-17-14(15)12(3)4/h13H,3,7-11H2,1-2,4-6H3. The summed E-state index contributed by atoms with van der Waals surface area (Å²) in [5.41, 5.74) is 0.401. The SMILES string of the molecule is C=C(C)C(=O)OCCCC(C)O[Si](OC)(OCC)OCC. The highest BCUT2D eigenvalue weighted by atomic mass is 28.4. The third kappa shape index (κ3) is 8.33. The maximum atomic E-state index is 11.2. The minimum Gasteiger partial charge on any atom is -0.462 e. The molecule has 0 amide bonds. The van der Waals surface area contributed by atoms with Gasteiger partial charge in [-0.25, -0.2) is 4.79 Å². The number of carbonyl (C=O) groups is 1. The molecule has 0 rings (SSSR count). The number of hydrogen-bond donors (Lipinski definition) is 0. The van der Waals surface area contributed by atoms with Crippen LogP contribution in [0.15, 0.2) is 12.2 Å². The molecule has 1 unspecified atom stereocenters. The van der Waals surface area contributed by atoms with Crippen molar-refractivity contribution in [3.05, 3.63) is 12.2 Å². The van der Waals surface area contributed by atoms with Gasteiger partial charge in [0.15, 0.2) is 0 Å². The summed E-state index contributed by atoms with van der Waals surface area (Å²) in [5.74, 6) is -0.368. The zero-order chi connectivity index (χ0) is 16.3. The molecule has 6 nitrogen and oxygen atoms in total. The molecule has 0 aromatic rings. The van der Waals surface area contributed by atoms with Crippen molar-refractivity contribution in [1.29, 1.82) is 0 Å². The fourth-order valence-electron chi connectivity index (χ4n) is 1.59. The zero-order valence-electron chi connectivity index (χ0n) is 13.8. The van der Waals surface area contributed by atoms with Crippen molar-refractivity contribution in [2.24, 2.45) is 0 Å². The molecule has 1 atom stereocenters. The molecule has 0 aliphatic rings. The van der Waals surface area contributed by atoms with E-state index in [1.165, 1.54) is 7.11 Å². The van der Waals surface area contributed by atoms with Gasteiger partial charge in [0.1, 0.15) is 0 Å². The highest BCUT2D eigenvalue weighted by Crippen LogP contribution is 2.16. The Kier molecular flexibility index (Phi) is 10.5. The van der Waals surface area contributed by atoms with Gasteiger partial charge in [0.05, 0.1) is 6.61 Å². The minimum atomic E-state index is -3.05. The van der Waals surface area contributed by atoms with Crippen molar-refractivity contribution in [3.8, 4) is 0 Å². The molecule has 0 radical (unpaired) electrons. The normalized spacial score (nSPS) is 13.0. The first-order valence-electron chi connectivity index (χ1n) is 7.24. The summed E-state index contributed by atoms with van der Waals surface area (Å²) < 4.78 is 27.3. The zero-order valence-corrected chi connectivity index (χ0v) is 14.8. The lowest BCUT2D eigenvalue weighted by molar-refractivity contribution is -0.139. The van der Waals surface area contributed by atoms with Gasteiger partial charge in [0.25, 0.3) is 0 Å². The molecule has 0 aromatic heterocycles. The van der Waals surface area contributed by atoms with Crippen LogP contribution < -0.4 is 0 Å². The number of esters is 1. The Balaban J connectivity index is 4.16. The summed E-state index contributed by atoms with van der Waals surface area (Å²) >= 11 is 0. The van der Waals surface area contributed by atoms with E-state index in [1.807, 2.05) is 20.8 Å². The second-order valence-corrected chi connectivity index (χ2v) is 6.78. The molecule has 0 aliphatic carbocycles. The Morgan fingerprint density at radius 3 is 2.24 bits per heavy atom. The van der Waals surface area contributed by atoms with Crippen molar-refractivity contribution in [1.82, 2.24) is 0 Å². The van der Waals surface area contributed by atoms with E-state index < -0.39 is 9.05 Å². The quantitative estimate of drug-likeness (QED) is 0.238. The van der Waals surface area contributed by atoms with Crippen molar-refractivity contribution in [3.63, 3.8) is 0 Å². The van der Waals surface area contributed by atoms with Gasteiger partial charge in [-0.15, -0.1) is 0 Å². The molecular weight excluding hydrogens is 292 g/mol. The van der Waals surface area contributed by atoms with E-state index in [0.717, 1.165) is 0 Å². The highest BCUT2D eigenvalue weighted by Gasteiger charge is 2.45. The molecule has 0 N–H and O–H groups in total. The highest BCUT2D eigenvalue weighted by molar-refractivity contribution is 6.53. The molecular formula is C14H28O6Si. The Morgan fingerprint density at radius 2 is 1.81 bits per heavy atom. The van der Waals surface area contributed by atoms with E-state index in [-0.39, 0.29) is 12.1 Å². The van der Waals surface area contributed by atoms with Gasteiger partial charge in [0.2, 0.25) is 0 Å². The first-order valence-corrected chi connectivity index (χ1v) is 8.87. The lowest BCUT2D eigenvalue weighted by Gasteiger charge is -2.28. The molecule has 0 fully saturated rings. The summed E-state index contributed by atoms with van der Waals surface area (Å²) in [5, 5.41) is 0. The Morgan fingerprint density at radius 1 is 1.24 bits per heavy atom. The fourth-order valence-corrected chi connectivity index (χ4v) is 3.46. The van der Waals surface area contributed by atoms with Gasteiger partial charge in [-0.1, -0.05) is 6.58 Å². The van der Waals surface area contributed by atoms with E-state index in [4.69, 9.17) is 22.4 Å². The summed E-state index contributed by atoms with van der Waals surface area (Å²) in [4.78, 5) is 11.2. The second-order valence-electron chi connectivity index (χ2n) is 4.56. The van der Waals surface area contributed by atoms with Gasteiger partial charge in [-0.3, -0.25) is 0 Å². The van der Waals surface area contributed by atoms with Gasteiger partial charge >= 0.3 is 15.0 Å². The third-order valence-electron chi connectivity index (χ3n) is 2.57. The van der Waals surface area contributed by atoms with E-state index in [9.17, 15) is 4.79 Å². The van der Waals surface area contributed by atoms with Crippen LogP contribution in [0.5, 0.6) is 0 Å². The molecule has 0 aromatic carbocycles. The molecule has 0 spiro atoms. The van der Waals surface area contributed by atoms with Gasteiger partial charge in [0, 0.05) is 32.0 Å². The largest absolute Gasteiger partial charge is 0.679 e.